The van der Waals surface area contributed by atoms with E-state index in [0.29, 0.717) is 26.2 Å². The standard InChI is InChI=1S/C13H16F3N3O3S.ClH/c14-13(15,16)9-18-12(20)10-1-3-11(4-2-10)23(21,22)19-7-5-17-6-8-19;/h1-4,17H,5-9H2,(H,18,20);1H. The zero-order valence-corrected chi connectivity index (χ0v) is 14.1. The first-order chi connectivity index (χ1) is 10.7. The fraction of sp³-hybridized carbons (Fsp3) is 0.462. The molecule has 0 saturated carbocycles. The maximum absolute atomic E-state index is 12.4. The molecule has 0 spiro atoms. The summed E-state index contributed by atoms with van der Waals surface area (Å²) in [5, 5.41) is 4.77. The van der Waals surface area contributed by atoms with E-state index in [1.807, 2.05) is 0 Å². The second kappa shape index (κ2) is 8.15. The van der Waals surface area contributed by atoms with Crippen LogP contribution in [0.25, 0.3) is 0 Å². The molecule has 2 N–H and O–H groups in total. The molecule has 1 aliphatic heterocycles. The summed E-state index contributed by atoms with van der Waals surface area (Å²) in [6.07, 6.45) is -4.50. The number of hydrogen-bond donors (Lipinski definition) is 2. The number of hydrogen-bond acceptors (Lipinski definition) is 4. The number of alkyl halides is 3. The molecule has 1 aliphatic rings. The van der Waals surface area contributed by atoms with Crippen LogP contribution >= 0.6 is 12.4 Å². The molecule has 24 heavy (non-hydrogen) atoms. The van der Waals surface area contributed by atoms with Crippen LogP contribution < -0.4 is 10.6 Å². The predicted molar refractivity (Wildman–Crippen MR) is 83.7 cm³/mol. The molecule has 0 radical (unpaired) electrons. The molecular formula is C13H17ClF3N3O3S. The molecule has 0 unspecified atom stereocenters. The SMILES string of the molecule is Cl.O=C(NCC(F)(F)F)c1ccc(S(=O)(=O)N2CCNCC2)cc1. The van der Waals surface area contributed by atoms with Gasteiger partial charge in [-0.1, -0.05) is 0 Å². The average Bonchev–Trinajstić information content (AvgIpc) is 2.53. The van der Waals surface area contributed by atoms with E-state index in [9.17, 15) is 26.4 Å². The van der Waals surface area contributed by atoms with Gasteiger partial charge in [0.15, 0.2) is 0 Å². The lowest BCUT2D eigenvalue weighted by Crippen LogP contribution is -2.46. The van der Waals surface area contributed by atoms with Crippen LogP contribution in [0.2, 0.25) is 0 Å². The molecule has 1 fully saturated rings. The normalized spacial score (nSPS) is 16.3. The van der Waals surface area contributed by atoms with Crippen molar-refractivity contribution in [2.24, 2.45) is 0 Å². The summed E-state index contributed by atoms with van der Waals surface area (Å²) in [5.74, 6) is -0.909. The van der Waals surface area contributed by atoms with Gasteiger partial charge >= 0.3 is 6.18 Å². The highest BCUT2D eigenvalue weighted by atomic mass is 35.5. The van der Waals surface area contributed by atoms with Crippen molar-refractivity contribution < 1.29 is 26.4 Å². The number of piperazine rings is 1. The first kappa shape index (κ1) is 20.7. The van der Waals surface area contributed by atoms with Crippen LogP contribution in [0, 0.1) is 0 Å². The number of amides is 1. The summed E-state index contributed by atoms with van der Waals surface area (Å²) < 4.78 is 62.2. The van der Waals surface area contributed by atoms with Crippen LogP contribution in [0.4, 0.5) is 13.2 Å². The van der Waals surface area contributed by atoms with E-state index in [1.165, 1.54) is 28.6 Å². The molecule has 1 amide bonds. The van der Waals surface area contributed by atoms with Crippen molar-refractivity contribution in [3.8, 4) is 0 Å². The minimum atomic E-state index is -4.50. The Morgan fingerprint density at radius 3 is 2.21 bits per heavy atom. The lowest BCUT2D eigenvalue weighted by Gasteiger charge is -2.26. The first-order valence-electron chi connectivity index (χ1n) is 6.86. The van der Waals surface area contributed by atoms with Gasteiger partial charge in [0.2, 0.25) is 10.0 Å². The van der Waals surface area contributed by atoms with Crippen molar-refractivity contribution in [2.75, 3.05) is 32.7 Å². The summed E-state index contributed by atoms with van der Waals surface area (Å²) in [6.45, 7) is 0.354. The van der Waals surface area contributed by atoms with Gasteiger partial charge in [0.1, 0.15) is 6.54 Å². The smallest absolute Gasteiger partial charge is 0.343 e. The fourth-order valence-electron chi connectivity index (χ4n) is 2.09. The highest BCUT2D eigenvalue weighted by Gasteiger charge is 2.28. The quantitative estimate of drug-likeness (QED) is 0.807. The summed E-state index contributed by atoms with van der Waals surface area (Å²) in [7, 11) is -3.66. The molecule has 0 bridgehead atoms. The molecule has 0 atom stereocenters. The predicted octanol–water partition coefficient (Wildman–Crippen LogP) is 0.994. The Morgan fingerprint density at radius 1 is 1.17 bits per heavy atom. The van der Waals surface area contributed by atoms with Crippen molar-refractivity contribution in [1.29, 1.82) is 0 Å². The Balaban J connectivity index is 0.00000288. The van der Waals surface area contributed by atoms with Crippen LogP contribution in [0.5, 0.6) is 0 Å². The molecule has 0 aromatic heterocycles. The number of nitrogens with zero attached hydrogens (tertiary/aromatic N) is 1. The summed E-state index contributed by atoms with van der Waals surface area (Å²) in [6, 6.07) is 4.83. The van der Waals surface area contributed by atoms with Gasteiger partial charge in [-0.05, 0) is 24.3 Å². The second-order valence-corrected chi connectivity index (χ2v) is 6.91. The Labute approximate surface area is 143 Å². The Kier molecular flexibility index (Phi) is 7.02. The largest absolute Gasteiger partial charge is 0.405 e. The molecule has 136 valence electrons. The third kappa shape index (κ3) is 5.33. The number of benzene rings is 1. The minimum Gasteiger partial charge on any atom is -0.343 e. The summed E-state index contributed by atoms with van der Waals surface area (Å²) in [4.78, 5) is 11.6. The molecule has 6 nitrogen and oxygen atoms in total. The lowest BCUT2D eigenvalue weighted by atomic mass is 10.2. The number of halogens is 4. The fourth-order valence-corrected chi connectivity index (χ4v) is 3.54. The van der Waals surface area contributed by atoms with E-state index >= 15 is 0 Å². The van der Waals surface area contributed by atoms with Crippen LogP contribution in [0.15, 0.2) is 29.2 Å². The maximum Gasteiger partial charge on any atom is 0.405 e. The second-order valence-electron chi connectivity index (χ2n) is 4.98. The van der Waals surface area contributed by atoms with Gasteiger partial charge in [0.05, 0.1) is 4.90 Å². The zero-order chi connectivity index (χ0) is 17.1. The molecular weight excluding hydrogens is 371 g/mol. The monoisotopic (exact) mass is 387 g/mol. The van der Waals surface area contributed by atoms with E-state index in [0.717, 1.165) is 0 Å². The lowest BCUT2D eigenvalue weighted by molar-refractivity contribution is -0.123. The number of rotatable bonds is 4. The molecule has 0 aliphatic carbocycles. The van der Waals surface area contributed by atoms with E-state index in [2.05, 4.69) is 5.32 Å². The number of sulfonamides is 1. The van der Waals surface area contributed by atoms with Gasteiger partial charge in [-0.2, -0.15) is 17.5 Å². The van der Waals surface area contributed by atoms with Gasteiger partial charge in [-0.25, -0.2) is 8.42 Å². The maximum atomic E-state index is 12.4. The first-order valence-corrected chi connectivity index (χ1v) is 8.30. The van der Waals surface area contributed by atoms with Crippen LogP contribution in [0.1, 0.15) is 10.4 Å². The highest BCUT2D eigenvalue weighted by molar-refractivity contribution is 7.89. The molecule has 1 aromatic rings. The molecule has 11 heteroatoms. The third-order valence-corrected chi connectivity index (χ3v) is 5.19. The Morgan fingerprint density at radius 2 is 1.71 bits per heavy atom. The van der Waals surface area contributed by atoms with Crippen LogP contribution in [-0.4, -0.2) is 57.5 Å². The van der Waals surface area contributed by atoms with Crippen LogP contribution in [-0.2, 0) is 10.0 Å². The zero-order valence-electron chi connectivity index (χ0n) is 12.5. The van der Waals surface area contributed by atoms with Gasteiger partial charge in [-0.3, -0.25) is 4.79 Å². The Hall–Kier alpha value is -1.36. The Bertz CT molecular complexity index is 659. The summed E-state index contributed by atoms with van der Waals surface area (Å²) >= 11 is 0. The summed E-state index contributed by atoms with van der Waals surface area (Å²) in [5.41, 5.74) is -0.0338. The molecule has 2 rings (SSSR count). The van der Waals surface area contributed by atoms with E-state index in [1.54, 1.807) is 5.32 Å². The van der Waals surface area contributed by atoms with E-state index in [4.69, 9.17) is 0 Å². The highest BCUT2D eigenvalue weighted by Crippen LogP contribution is 2.17. The van der Waals surface area contributed by atoms with Crippen molar-refractivity contribution in [2.45, 2.75) is 11.1 Å². The van der Waals surface area contributed by atoms with Gasteiger partial charge in [0, 0.05) is 31.7 Å². The number of carbonyl (C=O) groups is 1. The van der Waals surface area contributed by atoms with Crippen LogP contribution in [0.3, 0.4) is 0 Å². The van der Waals surface area contributed by atoms with Gasteiger partial charge < -0.3 is 10.6 Å². The number of carbonyl (C=O) groups excluding carboxylic acids is 1. The van der Waals surface area contributed by atoms with Gasteiger partial charge in [-0.15, -0.1) is 12.4 Å². The molecule has 1 heterocycles. The average molecular weight is 388 g/mol. The van der Waals surface area contributed by atoms with Crippen molar-refractivity contribution in [1.82, 2.24) is 14.9 Å². The van der Waals surface area contributed by atoms with Gasteiger partial charge in [0.25, 0.3) is 5.91 Å². The van der Waals surface area contributed by atoms with E-state index < -0.39 is 28.7 Å². The third-order valence-electron chi connectivity index (χ3n) is 3.28. The van der Waals surface area contributed by atoms with Crippen molar-refractivity contribution in [3.63, 3.8) is 0 Å². The number of nitrogens with one attached hydrogen (secondary N) is 2. The molecule has 1 aromatic carbocycles. The van der Waals surface area contributed by atoms with Crippen molar-refractivity contribution >= 4 is 28.3 Å². The van der Waals surface area contributed by atoms with Crippen molar-refractivity contribution in [3.05, 3.63) is 29.8 Å². The topological polar surface area (TPSA) is 78.5 Å². The minimum absolute atomic E-state index is 0. The van der Waals surface area contributed by atoms with E-state index in [-0.39, 0.29) is 22.9 Å². The molecule has 1 saturated heterocycles.